The molecule has 3 N–H and O–H groups in total. The fraction of sp³-hybridized carbons (Fsp3) is 0.100. The molecular weight excluding hydrogens is 330 g/mol. The average Bonchev–Trinajstić information content (AvgIpc) is 2.66. The van der Waals surface area contributed by atoms with Crippen molar-refractivity contribution < 1.29 is 14.3 Å². The Bertz CT molecular complexity index is 1110. The minimum absolute atomic E-state index is 0.226. The number of ether oxygens (including phenoxy) is 1. The summed E-state index contributed by atoms with van der Waals surface area (Å²) in [5.74, 6) is 0. The highest BCUT2D eigenvalue weighted by atomic mass is 16.6. The molecule has 3 amide bonds. The lowest BCUT2D eigenvalue weighted by molar-refractivity contribution is 0.148. The molecule has 0 fully saturated rings. The third-order valence-electron chi connectivity index (χ3n) is 4.33. The first-order valence-electron chi connectivity index (χ1n) is 8.33. The number of hydrogen-bond acceptors (Lipinski definition) is 3. The van der Waals surface area contributed by atoms with Gasteiger partial charge in [0.25, 0.3) is 0 Å². The molecule has 0 aromatic heterocycles. The highest BCUT2D eigenvalue weighted by Gasteiger charge is 2.12. The van der Waals surface area contributed by atoms with Crippen molar-refractivity contribution >= 4 is 50.1 Å². The Hall–Kier alpha value is -3.54. The van der Waals surface area contributed by atoms with E-state index < -0.39 is 12.1 Å². The lowest BCUT2D eigenvalue weighted by Crippen LogP contribution is -2.44. The van der Waals surface area contributed by atoms with Gasteiger partial charge in [0.05, 0.1) is 12.3 Å². The van der Waals surface area contributed by atoms with Gasteiger partial charge in [0, 0.05) is 5.39 Å². The Morgan fingerprint density at radius 1 is 0.846 bits per heavy atom. The lowest BCUT2D eigenvalue weighted by Gasteiger charge is -2.15. The average molecular weight is 347 g/mol. The molecule has 0 heterocycles. The predicted octanol–water partition coefficient (Wildman–Crippen LogP) is 4.37. The van der Waals surface area contributed by atoms with E-state index in [0.29, 0.717) is 5.69 Å². The summed E-state index contributed by atoms with van der Waals surface area (Å²) in [5.41, 5.74) is 5.11. The molecule has 0 aliphatic heterocycles. The Labute approximate surface area is 149 Å². The van der Waals surface area contributed by atoms with Crippen LogP contribution < -0.4 is 16.2 Å². The monoisotopic (exact) mass is 347 g/mol. The predicted molar refractivity (Wildman–Crippen MR) is 102 cm³/mol. The van der Waals surface area contributed by atoms with Crippen molar-refractivity contribution in [1.82, 2.24) is 10.9 Å². The minimum atomic E-state index is -0.710. The van der Waals surface area contributed by atoms with E-state index in [1.807, 2.05) is 30.3 Å². The molecule has 0 aliphatic rings. The van der Waals surface area contributed by atoms with Gasteiger partial charge < -0.3 is 10.1 Å². The summed E-state index contributed by atoms with van der Waals surface area (Å²) in [5, 5.41) is 9.43. The summed E-state index contributed by atoms with van der Waals surface area (Å²) >= 11 is 0. The first kappa shape index (κ1) is 16.0. The van der Waals surface area contributed by atoms with Gasteiger partial charge in [-0.05, 0) is 39.9 Å². The number of nitrogens with one attached hydrogen (secondary N) is 3. The van der Waals surface area contributed by atoms with Crippen LogP contribution in [0.15, 0.2) is 54.6 Å². The van der Waals surface area contributed by atoms with Crippen LogP contribution in [0.1, 0.15) is 6.92 Å². The maximum Gasteiger partial charge on any atom is 0.426 e. The molecule has 0 spiro atoms. The highest BCUT2D eigenvalue weighted by molar-refractivity contribution is 6.25. The van der Waals surface area contributed by atoms with Gasteiger partial charge >= 0.3 is 12.1 Å². The Balaban J connectivity index is 1.70. The van der Waals surface area contributed by atoms with Crippen molar-refractivity contribution in [2.45, 2.75) is 6.92 Å². The van der Waals surface area contributed by atoms with E-state index in [0.717, 1.165) is 26.9 Å². The minimum Gasteiger partial charge on any atom is -0.449 e. The fourth-order valence-electron chi connectivity index (χ4n) is 3.27. The van der Waals surface area contributed by atoms with E-state index >= 15 is 0 Å². The molecule has 26 heavy (non-hydrogen) atoms. The van der Waals surface area contributed by atoms with Crippen molar-refractivity contribution in [3.8, 4) is 0 Å². The number of rotatable bonds is 2. The molecule has 130 valence electrons. The normalized spacial score (nSPS) is 11.0. The van der Waals surface area contributed by atoms with Crippen molar-refractivity contribution in [1.29, 1.82) is 0 Å². The molecule has 4 aromatic rings. The summed E-state index contributed by atoms with van der Waals surface area (Å²) in [6.07, 6.45) is -0.710. The second kappa shape index (κ2) is 6.40. The number of carbonyl (C=O) groups is 2. The smallest absolute Gasteiger partial charge is 0.426 e. The van der Waals surface area contributed by atoms with E-state index in [1.54, 1.807) is 6.92 Å². The molecule has 6 nitrogen and oxygen atoms in total. The number of hydrazine groups is 1. The lowest BCUT2D eigenvalue weighted by atomic mass is 9.93. The van der Waals surface area contributed by atoms with Crippen molar-refractivity contribution in [2.24, 2.45) is 0 Å². The molecule has 0 atom stereocenters. The Kier molecular flexibility index (Phi) is 3.93. The van der Waals surface area contributed by atoms with Crippen LogP contribution in [0.4, 0.5) is 15.3 Å². The highest BCUT2D eigenvalue weighted by Crippen LogP contribution is 2.37. The van der Waals surface area contributed by atoms with Crippen molar-refractivity contribution in [3.63, 3.8) is 0 Å². The van der Waals surface area contributed by atoms with E-state index in [2.05, 4.69) is 40.4 Å². The van der Waals surface area contributed by atoms with Gasteiger partial charge in [-0.3, -0.25) is 0 Å². The van der Waals surface area contributed by atoms with Gasteiger partial charge in [-0.15, -0.1) is 0 Å². The van der Waals surface area contributed by atoms with Gasteiger partial charge in [0.1, 0.15) is 0 Å². The van der Waals surface area contributed by atoms with Crippen LogP contribution in [0.3, 0.4) is 0 Å². The summed E-state index contributed by atoms with van der Waals surface area (Å²) < 4.78 is 4.70. The number of anilines is 1. The molecule has 0 bridgehead atoms. The van der Waals surface area contributed by atoms with Crippen LogP contribution in [-0.2, 0) is 4.74 Å². The van der Waals surface area contributed by atoms with Crippen molar-refractivity contribution in [2.75, 3.05) is 11.9 Å². The van der Waals surface area contributed by atoms with Crippen LogP contribution in [0.25, 0.3) is 32.3 Å². The van der Waals surface area contributed by atoms with Gasteiger partial charge in [0.2, 0.25) is 0 Å². The maximum absolute atomic E-state index is 12.1. The van der Waals surface area contributed by atoms with E-state index in [9.17, 15) is 9.59 Å². The van der Waals surface area contributed by atoms with Crippen molar-refractivity contribution in [3.05, 3.63) is 54.6 Å². The van der Waals surface area contributed by atoms with E-state index in [4.69, 9.17) is 4.74 Å². The van der Waals surface area contributed by atoms with Crippen LogP contribution in [0.2, 0.25) is 0 Å². The number of hydrogen-bond donors (Lipinski definition) is 3. The zero-order valence-electron chi connectivity index (χ0n) is 14.1. The maximum atomic E-state index is 12.1. The van der Waals surface area contributed by atoms with Gasteiger partial charge in [0.15, 0.2) is 0 Å². The topological polar surface area (TPSA) is 79.5 Å². The molecule has 0 aliphatic carbocycles. The fourth-order valence-corrected chi connectivity index (χ4v) is 3.27. The van der Waals surface area contributed by atoms with Crippen LogP contribution in [-0.4, -0.2) is 18.7 Å². The SMILES string of the molecule is CCOC(=O)NNC(=O)Nc1ccc2ccc3cccc4ccc1c2c34. The number of urea groups is 1. The molecule has 4 rings (SSSR count). The quantitative estimate of drug-likeness (QED) is 0.372. The zero-order chi connectivity index (χ0) is 18.1. The molecule has 0 unspecified atom stereocenters. The van der Waals surface area contributed by atoms with E-state index in [-0.39, 0.29) is 6.61 Å². The third-order valence-corrected chi connectivity index (χ3v) is 4.33. The second-order valence-electron chi connectivity index (χ2n) is 5.89. The van der Waals surface area contributed by atoms with E-state index in [1.165, 1.54) is 5.39 Å². The molecule has 0 saturated heterocycles. The summed E-state index contributed by atoms with van der Waals surface area (Å²) in [6, 6.07) is 17.7. The molecular formula is C20H17N3O3. The number of amides is 3. The van der Waals surface area contributed by atoms with Crippen LogP contribution >= 0.6 is 0 Å². The molecule has 0 saturated carbocycles. The Morgan fingerprint density at radius 2 is 1.50 bits per heavy atom. The zero-order valence-corrected chi connectivity index (χ0v) is 14.1. The van der Waals surface area contributed by atoms with Gasteiger partial charge in [-0.25, -0.2) is 20.4 Å². The molecule has 6 heteroatoms. The largest absolute Gasteiger partial charge is 0.449 e. The summed E-state index contributed by atoms with van der Waals surface area (Å²) in [7, 11) is 0. The third kappa shape index (κ3) is 2.71. The first-order valence-corrected chi connectivity index (χ1v) is 8.33. The summed E-state index contributed by atoms with van der Waals surface area (Å²) in [6.45, 7) is 1.91. The van der Waals surface area contributed by atoms with Gasteiger partial charge in [-0.1, -0.05) is 48.5 Å². The summed E-state index contributed by atoms with van der Waals surface area (Å²) in [4.78, 5) is 23.4. The Morgan fingerprint density at radius 3 is 2.23 bits per heavy atom. The van der Waals surface area contributed by atoms with Gasteiger partial charge in [-0.2, -0.15) is 0 Å². The standard InChI is InChI=1S/C20H17N3O3/c1-2-26-20(25)23-22-19(24)21-16-11-9-14-7-6-12-4-3-5-13-8-10-15(16)18(14)17(12)13/h3-11H,2H2,1H3,(H,23,25)(H2,21,22,24). The number of benzene rings is 4. The second-order valence-corrected chi connectivity index (χ2v) is 5.89. The number of carbonyl (C=O) groups excluding carboxylic acids is 2. The van der Waals surface area contributed by atoms with Crippen LogP contribution in [0, 0.1) is 0 Å². The first-order chi connectivity index (χ1) is 12.7. The molecule has 4 aromatic carbocycles. The molecule has 0 radical (unpaired) electrons. The van der Waals surface area contributed by atoms with Crippen LogP contribution in [0.5, 0.6) is 0 Å².